The number of nitrogens with zero attached hydrogens (tertiary/aromatic N) is 1. The molecular formula is C18H18N2O4. The van der Waals surface area contributed by atoms with E-state index in [1.54, 1.807) is 12.1 Å². The van der Waals surface area contributed by atoms with Crippen molar-refractivity contribution in [2.75, 3.05) is 0 Å². The van der Waals surface area contributed by atoms with Gasteiger partial charge < -0.3 is 15.2 Å². The summed E-state index contributed by atoms with van der Waals surface area (Å²) >= 11 is 0. The van der Waals surface area contributed by atoms with E-state index in [4.69, 9.17) is 9.84 Å². The van der Waals surface area contributed by atoms with Crippen molar-refractivity contribution in [2.24, 2.45) is 5.92 Å². The summed E-state index contributed by atoms with van der Waals surface area (Å²) in [6.45, 7) is 0. The molecule has 1 aromatic heterocycles. The summed E-state index contributed by atoms with van der Waals surface area (Å²) in [5.74, 6) is -0.296. The number of benzene rings is 1. The fraction of sp³-hybridized carbons (Fsp3) is 0.278. The lowest BCUT2D eigenvalue weighted by atomic mass is 10.1. The van der Waals surface area contributed by atoms with Crippen molar-refractivity contribution >= 4 is 11.9 Å². The van der Waals surface area contributed by atoms with Crippen LogP contribution in [-0.4, -0.2) is 28.0 Å². The first kappa shape index (κ1) is 16.0. The second-order valence-electron chi connectivity index (χ2n) is 5.81. The van der Waals surface area contributed by atoms with Gasteiger partial charge in [0.25, 0.3) is 5.91 Å². The minimum atomic E-state index is -0.803. The molecule has 0 radical (unpaired) electrons. The molecule has 24 heavy (non-hydrogen) atoms. The molecule has 6 nitrogen and oxygen atoms in total. The number of carbonyl (C=O) groups is 2. The fourth-order valence-corrected chi connectivity index (χ4v) is 2.82. The van der Waals surface area contributed by atoms with Gasteiger partial charge in [0, 0.05) is 18.3 Å². The maximum absolute atomic E-state index is 12.3. The number of aliphatic carboxylic acids is 1. The van der Waals surface area contributed by atoms with Crippen molar-refractivity contribution in [1.82, 2.24) is 10.3 Å². The second-order valence-corrected chi connectivity index (χ2v) is 5.81. The van der Waals surface area contributed by atoms with Crippen molar-refractivity contribution in [1.29, 1.82) is 0 Å². The highest BCUT2D eigenvalue weighted by atomic mass is 16.5. The molecule has 2 atom stereocenters. The van der Waals surface area contributed by atoms with Gasteiger partial charge >= 0.3 is 5.97 Å². The maximum Gasteiger partial charge on any atom is 0.306 e. The Morgan fingerprint density at radius 1 is 1.12 bits per heavy atom. The Morgan fingerprint density at radius 2 is 1.92 bits per heavy atom. The summed E-state index contributed by atoms with van der Waals surface area (Å²) in [6, 6.07) is 12.4. The van der Waals surface area contributed by atoms with Crippen LogP contribution >= 0.6 is 0 Å². The van der Waals surface area contributed by atoms with Gasteiger partial charge in [-0.2, -0.15) is 0 Å². The Morgan fingerprint density at radius 3 is 2.62 bits per heavy atom. The number of rotatable bonds is 5. The SMILES string of the molecule is O=C(N[C@@H]1CC[C@H](C(=O)O)C1)c1cc(Oc2ccccc2)ccn1. The molecule has 0 saturated heterocycles. The van der Waals surface area contributed by atoms with Crippen molar-refractivity contribution in [3.8, 4) is 11.5 Å². The lowest BCUT2D eigenvalue weighted by molar-refractivity contribution is -0.141. The van der Waals surface area contributed by atoms with E-state index in [-0.39, 0.29) is 23.6 Å². The van der Waals surface area contributed by atoms with Crippen LogP contribution in [0.2, 0.25) is 0 Å². The quantitative estimate of drug-likeness (QED) is 0.882. The van der Waals surface area contributed by atoms with E-state index in [1.807, 2.05) is 30.3 Å². The zero-order valence-electron chi connectivity index (χ0n) is 13.0. The van der Waals surface area contributed by atoms with Gasteiger partial charge in [0.1, 0.15) is 17.2 Å². The Kier molecular flexibility index (Phi) is 4.74. The molecule has 1 fully saturated rings. The molecule has 0 unspecified atom stereocenters. The molecule has 1 saturated carbocycles. The monoisotopic (exact) mass is 326 g/mol. The Bertz CT molecular complexity index is 733. The van der Waals surface area contributed by atoms with Gasteiger partial charge in [-0.05, 0) is 37.5 Å². The van der Waals surface area contributed by atoms with Crippen LogP contribution in [-0.2, 0) is 4.79 Å². The van der Waals surface area contributed by atoms with Crippen LogP contribution in [0.3, 0.4) is 0 Å². The highest BCUT2D eigenvalue weighted by molar-refractivity contribution is 5.92. The third-order valence-corrected chi connectivity index (χ3v) is 4.06. The molecule has 3 rings (SSSR count). The molecule has 0 spiro atoms. The first-order valence-electron chi connectivity index (χ1n) is 7.84. The Balaban J connectivity index is 1.63. The largest absolute Gasteiger partial charge is 0.481 e. The van der Waals surface area contributed by atoms with E-state index in [9.17, 15) is 9.59 Å². The Labute approximate surface area is 139 Å². The van der Waals surface area contributed by atoms with Gasteiger partial charge in [-0.1, -0.05) is 18.2 Å². The van der Waals surface area contributed by atoms with Gasteiger partial charge in [0.15, 0.2) is 0 Å². The normalized spacial score (nSPS) is 19.7. The maximum atomic E-state index is 12.3. The van der Waals surface area contributed by atoms with Gasteiger partial charge in [-0.25, -0.2) is 0 Å². The van der Waals surface area contributed by atoms with Crippen molar-refractivity contribution in [3.05, 3.63) is 54.4 Å². The number of hydrogen-bond acceptors (Lipinski definition) is 4. The van der Waals surface area contributed by atoms with Crippen LogP contribution < -0.4 is 10.1 Å². The van der Waals surface area contributed by atoms with E-state index in [0.717, 1.165) is 0 Å². The Hall–Kier alpha value is -2.89. The number of hydrogen-bond donors (Lipinski definition) is 2. The van der Waals surface area contributed by atoms with E-state index < -0.39 is 5.97 Å². The molecule has 1 heterocycles. The van der Waals surface area contributed by atoms with Crippen LogP contribution in [0.1, 0.15) is 29.8 Å². The first-order valence-corrected chi connectivity index (χ1v) is 7.84. The number of para-hydroxylation sites is 1. The second kappa shape index (κ2) is 7.12. The zero-order valence-corrected chi connectivity index (χ0v) is 13.0. The highest BCUT2D eigenvalue weighted by Crippen LogP contribution is 2.26. The smallest absolute Gasteiger partial charge is 0.306 e. The summed E-state index contributed by atoms with van der Waals surface area (Å²) in [5.41, 5.74) is 0.252. The van der Waals surface area contributed by atoms with Crippen LogP contribution in [0.25, 0.3) is 0 Å². The molecular weight excluding hydrogens is 308 g/mol. The van der Waals surface area contributed by atoms with Crippen molar-refractivity contribution in [3.63, 3.8) is 0 Å². The molecule has 2 N–H and O–H groups in total. The van der Waals surface area contributed by atoms with E-state index in [1.165, 1.54) is 6.20 Å². The number of carboxylic acid groups (broad SMARTS) is 1. The molecule has 1 aliphatic rings. The van der Waals surface area contributed by atoms with E-state index in [0.29, 0.717) is 30.8 Å². The predicted molar refractivity (Wildman–Crippen MR) is 87.0 cm³/mol. The summed E-state index contributed by atoms with van der Waals surface area (Å²) in [4.78, 5) is 27.4. The lowest BCUT2D eigenvalue weighted by Crippen LogP contribution is -2.33. The van der Waals surface area contributed by atoms with Crippen molar-refractivity contribution in [2.45, 2.75) is 25.3 Å². The minimum absolute atomic E-state index is 0.126. The summed E-state index contributed by atoms with van der Waals surface area (Å²) in [7, 11) is 0. The van der Waals surface area contributed by atoms with Gasteiger partial charge in [0.2, 0.25) is 0 Å². The average Bonchev–Trinajstić information content (AvgIpc) is 3.05. The summed E-state index contributed by atoms with van der Waals surface area (Å²) < 4.78 is 5.69. The van der Waals surface area contributed by atoms with Gasteiger partial charge in [0.05, 0.1) is 5.92 Å². The molecule has 1 aliphatic carbocycles. The molecule has 1 amide bonds. The average molecular weight is 326 g/mol. The third kappa shape index (κ3) is 3.90. The number of ether oxygens (including phenoxy) is 1. The number of aromatic nitrogens is 1. The summed E-state index contributed by atoms with van der Waals surface area (Å²) in [6.07, 6.45) is 3.23. The first-order chi connectivity index (χ1) is 11.6. The molecule has 6 heteroatoms. The highest BCUT2D eigenvalue weighted by Gasteiger charge is 2.30. The fourth-order valence-electron chi connectivity index (χ4n) is 2.82. The third-order valence-electron chi connectivity index (χ3n) is 4.06. The summed E-state index contributed by atoms with van der Waals surface area (Å²) in [5, 5.41) is 11.9. The number of carboxylic acids is 1. The van der Waals surface area contributed by atoms with Gasteiger partial charge in [-0.3, -0.25) is 14.6 Å². The van der Waals surface area contributed by atoms with Gasteiger partial charge in [-0.15, -0.1) is 0 Å². The number of amides is 1. The number of carbonyl (C=O) groups excluding carboxylic acids is 1. The van der Waals surface area contributed by atoms with Crippen LogP contribution in [0.4, 0.5) is 0 Å². The lowest BCUT2D eigenvalue weighted by Gasteiger charge is -2.12. The number of nitrogens with one attached hydrogen (secondary N) is 1. The van der Waals surface area contributed by atoms with Crippen molar-refractivity contribution < 1.29 is 19.4 Å². The number of pyridine rings is 1. The molecule has 1 aromatic carbocycles. The van der Waals surface area contributed by atoms with E-state index >= 15 is 0 Å². The molecule has 0 bridgehead atoms. The van der Waals surface area contributed by atoms with E-state index in [2.05, 4.69) is 10.3 Å². The zero-order chi connectivity index (χ0) is 16.9. The topological polar surface area (TPSA) is 88.5 Å². The molecule has 2 aromatic rings. The predicted octanol–water partition coefficient (Wildman–Crippen LogP) is 2.86. The molecule has 124 valence electrons. The van der Waals surface area contributed by atoms with Crippen LogP contribution in [0, 0.1) is 5.92 Å². The standard InChI is InChI=1S/C18H18N2O4/c21-17(20-13-7-6-12(10-13)18(22)23)16-11-15(8-9-19-16)24-14-4-2-1-3-5-14/h1-5,8-9,11-13H,6-7,10H2,(H,20,21)(H,22,23)/t12-,13+/m0/s1. The minimum Gasteiger partial charge on any atom is -0.481 e. The van der Waals surface area contributed by atoms with Crippen LogP contribution in [0.15, 0.2) is 48.7 Å². The van der Waals surface area contributed by atoms with Crippen LogP contribution in [0.5, 0.6) is 11.5 Å². The molecule has 0 aliphatic heterocycles.